The van der Waals surface area contributed by atoms with Gasteiger partial charge in [0, 0.05) is 17.2 Å². The van der Waals surface area contributed by atoms with Crippen LogP contribution < -0.4 is 14.8 Å². The maximum atomic E-state index is 13.0. The molecule has 4 rings (SSSR count). The molecule has 0 fully saturated rings. The number of nitrogens with zero attached hydrogens (tertiary/aromatic N) is 1. The van der Waals surface area contributed by atoms with E-state index in [0.29, 0.717) is 17.2 Å². The number of carbonyl (C=O) groups excluding carboxylic acids is 1. The topological polar surface area (TPSA) is 59.9 Å². The number of amides is 1. The molecule has 0 spiro atoms. The summed E-state index contributed by atoms with van der Waals surface area (Å²) in [5, 5.41) is 3.01. The summed E-state index contributed by atoms with van der Waals surface area (Å²) >= 11 is 0. The van der Waals surface area contributed by atoms with E-state index in [1.54, 1.807) is 20.3 Å². The predicted octanol–water partition coefficient (Wildman–Crippen LogP) is 4.23. The van der Waals surface area contributed by atoms with Crippen molar-refractivity contribution in [2.75, 3.05) is 19.5 Å². The minimum Gasteiger partial charge on any atom is -0.493 e. The summed E-state index contributed by atoms with van der Waals surface area (Å²) in [6.45, 7) is 0. The van der Waals surface area contributed by atoms with Gasteiger partial charge in [0.05, 0.1) is 25.6 Å². The highest BCUT2D eigenvalue weighted by Gasteiger charge is 2.28. The molecule has 0 radical (unpaired) electrons. The number of benzene rings is 3. The lowest BCUT2D eigenvalue weighted by Gasteiger charge is -2.15. The van der Waals surface area contributed by atoms with Crippen molar-refractivity contribution in [1.29, 1.82) is 0 Å². The van der Waals surface area contributed by atoms with E-state index in [0.717, 1.165) is 22.4 Å². The first kappa shape index (κ1) is 17.8. The highest BCUT2D eigenvalue weighted by Crippen LogP contribution is 2.37. The number of fused-ring (bicyclic) bond motifs is 1. The number of rotatable bonds is 4. The molecule has 140 valence electrons. The van der Waals surface area contributed by atoms with Crippen LogP contribution in [0.5, 0.6) is 11.5 Å². The maximum Gasteiger partial charge on any atom is 0.253 e. The number of hydrogen-bond donors (Lipinski definition) is 1. The monoisotopic (exact) mass is 372 g/mol. The normalized spacial score (nSPS) is 15.7. The van der Waals surface area contributed by atoms with Crippen LogP contribution in [0, 0.1) is 0 Å². The molecule has 0 aromatic heterocycles. The molecule has 1 aliphatic rings. The summed E-state index contributed by atoms with van der Waals surface area (Å²) in [7, 11) is 3.16. The van der Waals surface area contributed by atoms with Crippen LogP contribution in [-0.4, -0.2) is 25.8 Å². The molecule has 3 aromatic carbocycles. The molecular weight excluding hydrogens is 352 g/mol. The van der Waals surface area contributed by atoms with Gasteiger partial charge in [0.15, 0.2) is 17.5 Å². The van der Waals surface area contributed by atoms with Crippen molar-refractivity contribution in [3.8, 4) is 11.5 Å². The van der Waals surface area contributed by atoms with Gasteiger partial charge in [0.1, 0.15) is 0 Å². The van der Waals surface area contributed by atoms with E-state index in [1.807, 2.05) is 66.7 Å². The Kier molecular flexibility index (Phi) is 4.81. The number of ether oxygens (including phenoxy) is 2. The third-order valence-electron chi connectivity index (χ3n) is 4.71. The molecule has 1 atom stereocenters. The predicted molar refractivity (Wildman–Crippen MR) is 109 cm³/mol. The zero-order valence-corrected chi connectivity index (χ0v) is 15.7. The fourth-order valence-electron chi connectivity index (χ4n) is 3.32. The van der Waals surface area contributed by atoms with Crippen LogP contribution in [0.15, 0.2) is 77.8 Å². The van der Waals surface area contributed by atoms with Crippen molar-refractivity contribution in [3.63, 3.8) is 0 Å². The second-order valence-corrected chi connectivity index (χ2v) is 6.40. The number of aliphatic imine (C=N–C) groups is 1. The number of nitrogens with one attached hydrogen (secondary N) is 1. The van der Waals surface area contributed by atoms with Crippen molar-refractivity contribution in [1.82, 2.24) is 0 Å². The Labute approximate surface area is 163 Å². The standard InChI is InChI=1S/C23H20N2O3/c1-27-19-13-17-18(14-20(19)28-2)24-23(26)22(16-11-7-4-8-12-16)25-21(17)15-9-5-3-6-10-15/h3-14,22H,1-2H3,(H,24,26). The van der Waals surface area contributed by atoms with Gasteiger partial charge >= 0.3 is 0 Å². The first-order valence-electron chi connectivity index (χ1n) is 8.96. The van der Waals surface area contributed by atoms with Gasteiger partial charge in [-0.2, -0.15) is 0 Å². The van der Waals surface area contributed by atoms with Crippen LogP contribution in [0.4, 0.5) is 5.69 Å². The van der Waals surface area contributed by atoms with Crippen molar-refractivity contribution in [3.05, 3.63) is 89.5 Å². The molecule has 1 aliphatic heterocycles. The van der Waals surface area contributed by atoms with E-state index in [9.17, 15) is 4.79 Å². The van der Waals surface area contributed by atoms with Crippen molar-refractivity contribution in [2.45, 2.75) is 6.04 Å². The van der Waals surface area contributed by atoms with Gasteiger partial charge in [0.25, 0.3) is 5.91 Å². The quantitative estimate of drug-likeness (QED) is 0.745. The minimum absolute atomic E-state index is 0.189. The molecule has 28 heavy (non-hydrogen) atoms. The van der Waals surface area contributed by atoms with Gasteiger partial charge in [-0.1, -0.05) is 60.7 Å². The Morgan fingerprint density at radius 2 is 1.46 bits per heavy atom. The molecule has 5 nitrogen and oxygen atoms in total. The fourth-order valence-corrected chi connectivity index (χ4v) is 3.32. The van der Waals surface area contributed by atoms with Crippen molar-refractivity contribution < 1.29 is 14.3 Å². The lowest BCUT2D eigenvalue weighted by molar-refractivity contribution is -0.117. The molecule has 3 aromatic rings. The zero-order chi connectivity index (χ0) is 19.5. The van der Waals surface area contributed by atoms with Crippen molar-refractivity contribution >= 4 is 17.3 Å². The van der Waals surface area contributed by atoms with Crippen LogP contribution in [0.25, 0.3) is 0 Å². The SMILES string of the molecule is COc1cc2c(cc1OC)C(c1ccccc1)=NC(c1ccccc1)C(=O)N2. The summed E-state index contributed by atoms with van der Waals surface area (Å²) in [4.78, 5) is 17.9. The average Bonchev–Trinajstić information content (AvgIpc) is 2.89. The summed E-state index contributed by atoms with van der Waals surface area (Å²) in [5.74, 6) is 0.940. The van der Waals surface area contributed by atoms with Gasteiger partial charge in [-0.3, -0.25) is 9.79 Å². The molecule has 1 N–H and O–H groups in total. The van der Waals surface area contributed by atoms with Crippen LogP contribution in [0.3, 0.4) is 0 Å². The summed E-state index contributed by atoms with van der Waals surface area (Å²) in [5.41, 5.74) is 3.91. The second kappa shape index (κ2) is 7.56. The summed E-state index contributed by atoms with van der Waals surface area (Å²) < 4.78 is 10.9. The van der Waals surface area contributed by atoms with Gasteiger partial charge < -0.3 is 14.8 Å². The molecule has 0 saturated carbocycles. The van der Waals surface area contributed by atoms with Crippen LogP contribution in [0.2, 0.25) is 0 Å². The molecule has 1 unspecified atom stereocenters. The van der Waals surface area contributed by atoms with E-state index in [-0.39, 0.29) is 5.91 Å². The molecule has 5 heteroatoms. The van der Waals surface area contributed by atoms with Gasteiger partial charge in [-0.15, -0.1) is 0 Å². The number of hydrogen-bond acceptors (Lipinski definition) is 4. The minimum atomic E-state index is -0.652. The number of anilines is 1. The largest absolute Gasteiger partial charge is 0.493 e. The number of carbonyl (C=O) groups is 1. The van der Waals surface area contributed by atoms with E-state index in [2.05, 4.69) is 5.32 Å². The molecular formula is C23H20N2O3. The molecule has 1 heterocycles. The Hall–Kier alpha value is -3.60. The van der Waals surface area contributed by atoms with E-state index < -0.39 is 6.04 Å². The third kappa shape index (κ3) is 3.22. The second-order valence-electron chi connectivity index (χ2n) is 6.40. The number of benzodiazepines with no additional fused rings is 1. The van der Waals surface area contributed by atoms with E-state index in [4.69, 9.17) is 14.5 Å². The van der Waals surface area contributed by atoms with Gasteiger partial charge in [-0.25, -0.2) is 0 Å². The van der Waals surface area contributed by atoms with Gasteiger partial charge in [-0.05, 0) is 11.6 Å². The Balaban J connectivity index is 1.95. The molecule has 0 saturated heterocycles. The fraction of sp³-hybridized carbons (Fsp3) is 0.130. The Morgan fingerprint density at radius 1 is 0.857 bits per heavy atom. The molecule has 0 aliphatic carbocycles. The lowest BCUT2D eigenvalue weighted by atomic mass is 9.99. The van der Waals surface area contributed by atoms with Crippen LogP contribution in [0.1, 0.15) is 22.7 Å². The lowest BCUT2D eigenvalue weighted by Crippen LogP contribution is -2.18. The smallest absolute Gasteiger partial charge is 0.253 e. The zero-order valence-electron chi connectivity index (χ0n) is 15.7. The van der Waals surface area contributed by atoms with E-state index >= 15 is 0 Å². The first-order valence-corrected chi connectivity index (χ1v) is 8.96. The van der Waals surface area contributed by atoms with Crippen molar-refractivity contribution in [2.24, 2.45) is 4.99 Å². The number of methoxy groups -OCH3 is 2. The van der Waals surface area contributed by atoms with E-state index in [1.165, 1.54) is 0 Å². The third-order valence-corrected chi connectivity index (χ3v) is 4.71. The molecule has 0 bridgehead atoms. The average molecular weight is 372 g/mol. The molecule has 1 amide bonds. The Bertz CT molecular complexity index is 1030. The van der Waals surface area contributed by atoms with Gasteiger partial charge in [0.2, 0.25) is 0 Å². The first-order chi connectivity index (χ1) is 13.7. The van der Waals surface area contributed by atoms with Crippen LogP contribution in [-0.2, 0) is 4.79 Å². The maximum absolute atomic E-state index is 13.0. The summed E-state index contributed by atoms with van der Waals surface area (Å²) in [6.07, 6.45) is 0. The Morgan fingerprint density at radius 3 is 2.11 bits per heavy atom. The highest BCUT2D eigenvalue weighted by molar-refractivity contribution is 6.20. The highest BCUT2D eigenvalue weighted by atomic mass is 16.5. The summed E-state index contributed by atoms with van der Waals surface area (Å²) in [6, 6.07) is 22.4. The van der Waals surface area contributed by atoms with Crippen LogP contribution >= 0.6 is 0 Å².